The Labute approximate surface area is 184 Å². The first-order chi connectivity index (χ1) is 14.7. The van der Waals surface area contributed by atoms with Crippen LogP contribution in [0.4, 0.5) is 11.5 Å². The second-order valence-corrected chi connectivity index (χ2v) is 8.20. The monoisotopic (exact) mass is 441 g/mol. The molecule has 0 bridgehead atoms. The molecule has 0 radical (unpaired) electrons. The number of fused-ring (bicyclic) bond motifs is 2. The van der Waals surface area contributed by atoms with E-state index in [0.717, 1.165) is 66.2 Å². The van der Waals surface area contributed by atoms with E-state index in [1.807, 2.05) is 30.6 Å². The zero-order valence-corrected chi connectivity index (χ0v) is 17.9. The normalized spacial score (nSPS) is 14.1. The molecular weight excluding hydrogens is 421 g/mol. The van der Waals surface area contributed by atoms with Gasteiger partial charge in [-0.1, -0.05) is 11.6 Å². The van der Waals surface area contributed by atoms with Crippen LogP contribution in [-0.4, -0.2) is 44.1 Å². The Morgan fingerprint density at radius 1 is 1.03 bits per heavy atom. The summed E-state index contributed by atoms with van der Waals surface area (Å²) in [5, 5.41) is 5.52. The number of rotatable bonds is 6. The molecule has 7 nitrogen and oxygen atoms in total. The van der Waals surface area contributed by atoms with Crippen LogP contribution in [0.1, 0.15) is 19.3 Å². The van der Waals surface area contributed by atoms with Crippen molar-refractivity contribution in [2.75, 3.05) is 29.9 Å². The first-order valence-electron chi connectivity index (χ1n) is 10.1. The molecule has 0 atom stereocenters. The fraction of sp³-hybridized carbons (Fsp3) is 0.333. The van der Waals surface area contributed by atoms with Crippen molar-refractivity contribution in [3.8, 4) is 0 Å². The highest BCUT2D eigenvalue weighted by atomic mass is 35.5. The third-order valence-corrected chi connectivity index (χ3v) is 5.82. The fourth-order valence-electron chi connectivity index (χ4n) is 3.96. The van der Waals surface area contributed by atoms with E-state index < -0.39 is 0 Å². The number of benzene rings is 1. The Morgan fingerprint density at radius 3 is 2.77 bits per heavy atom. The van der Waals surface area contributed by atoms with Gasteiger partial charge in [0.15, 0.2) is 17.0 Å². The third kappa shape index (κ3) is 3.75. The van der Waals surface area contributed by atoms with Crippen molar-refractivity contribution in [2.45, 2.75) is 25.8 Å². The van der Waals surface area contributed by atoms with Gasteiger partial charge in [-0.05, 0) is 55.1 Å². The quantitative estimate of drug-likeness (QED) is 0.342. The summed E-state index contributed by atoms with van der Waals surface area (Å²) in [5.41, 5.74) is 3.55. The fourth-order valence-corrected chi connectivity index (χ4v) is 4.29. The van der Waals surface area contributed by atoms with Gasteiger partial charge in [0.25, 0.3) is 0 Å². The molecule has 4 heterocycles. The topological polar surface area (TPSA) is 71.8 Å². The second-order valence-electron chi connectivity index (χ2n) is 7.42. The third-order valence-electron chi connectivity index (χ3n) is 5.42. The maximum absolute atomic E-state index is 6.22. The van der Waals surface area contributed by atoms with Gasteiger partial charge >= 0.3 is 0 Å². The molecule has 1 fully saturated rings. The Balaban J connectivity index is 1.29. The number of aryl methyl sites for hydroxylation is 1. The summed E-state index contributed by atoms with van der Waals surface area (Å²) in [7, 11) is 0. The predicted molar refractivity (Wildman–Crippen MR) is 122 cm³/mol. The van der Waals surface area contributed by atoms with Crippen molar-refractivity contribution in [1.82, 2.24) is 24.5 Å². The Hall–Kier alpha value is -2.64. The van der Waals surface area contributed by atoms with E-state index in [1.54, 1.807) is 6.20 Å². The lowest BCUT2D eigenvalue weighted by Crippen LogP contribution is -2.19. The molecule has 1 N–H and O–H groups in total. The maximum Gasteiger partial charge on any atom is 0.226 e. The van der Waals surface area contributed by atoms with Crippen LogP contribution >= 0.6 is 23.2 Å². The molecule has 1 saturated heterocycles. The first-order valence-corrected chi connectivity index (χ1v) is 10.9. The number of anilines is 2. The molecule has 0 spiro atoms. The van der Waals surface area contributed by atoms with Crippen molar-refractivity contribution >= 4 is 56.8 Å². The van der Waals surface area contributed by atoms with Gasteiger partial charge in [-0.3, -0.25) is 4.98 Å². The highest BCUT2D eigenvalue weighted by molar-refractivity contribution is 6.31. The van der Waals surface area contributed by atoms with E-state index >= 15 is 0 Å². The number of hydrogen-bond acceptors (Lipinski definition) is 6. The smallest absolute Gasteiger partial charge is 0.226 e. The van der Waals surface area contributed by atoms with Crippen LogP contribution in [0.5, 0.6) is 0 Å². The van der Waals surface area contributed by atoms with Crippen molar-refractivity contribution in [2.24, 2.45) is 0 Å². The number of imidazole rings is 1. The van der Waals surface area contributed by atoms with E-state index in [0.29, 0.717) is 5.02 Å². The van der Waals surface area contributed by atoms with Crippen molar-refractivity contribution in [3.63, 3.8) is 0 Å². The maximum atomic E-state index is 6.22. The van der Waals surface area contributed by atoms with Crippen LogP contribution in [0.3, 0.4) is 0 Å². The van der Waals surface area contributed by atoms with E-state index in [2.05, 4.69) is 34.7 Å². The summed E-state index contributed by atoms with van der Waals surface area (Å²) in [6.45, 7) is 3.57. The summed E-state index contributed by atoms with van der Waals surface area (Å²) in [5.74, 6) is 0.848. The largest absolute Gasteiger partial charge is 0.384 e. The average Bonchev–Trinajstić information content (AvgIpc) is 3.41. The molecule has 1 aliphatic rings. The molecule has 1 aliphatic heterocycles. The number of nitrogens with zero attached hydrogens (tertiary/aromatic N) is 6. The lowest BCUT2D eigenvalue weighted by atomic mass is 10.2. The van der Waals surface area contributed by atoms with E-state index in [1.165, 1.54) is 12.8 Å². The van der Waals surface area contributed by atoms with Crippen LogP contribution in [0, 0.1) is 0 Å². The van der Waals surface area contributed by atoms with Gasteiger partial charge in [-0.25, -0.2) is 4.98 Å². The molecule has 5 rings (SSSR count). The van der Waals surface area contributed by atoms with Gasteiger partial charge in [0.1, 0.15) is 0 Å². The summed E-state index contributed by atoms with van der Waals surface area (Å²) in [6.07, 6.45) is 6.88. The number of pyridine rings is 1. The minimum absolute atomic E-state index is 0.270. The standard InChI is InChI=1S/C21H21Cl2N7/c22-14-4-5-15-16(6-8-25-17(15)12-14)24-7-3-11-30-13-26-18-19(29-9-1-2-10-29)27-21(23)28-20(18)30/h4-6,8,12-13H,1-3,7,9-11H2,(H,24,25). The number of hydrogen-bond donors (Lipinski definition) is 1. The van der Waals surface area contributed by atoms with E-state index in [9.17, 15) is 0 Å². The zero-order valence-electron chi connectivity index (χ0n) is 16.4. The van der Waals surface area contributed by atoms with Crippen molar-refractivity contribution in [3.05, 3.63) is 47.1 Å². The molecule has 0 unspecified atom stereocenters. The average molecular weight is 442 g/mol. The van der Waals surface area contributed by atoms with Crippen LogP contribution in [0.15, 0.2) is 36.8 Å². The molecule has 30 heavy (non-hydrogen) atoms. The number of aromatic nitrogens is 5. The lowest BCUT2D eigenvalue weighted by Gasteiger charge is -2.16. The Bertz CT molecular complexity index is 1200. The molecule has 154 valence electrons. The summed E-state index contributed by atoms with van der Waals surface area (Å²) in [4.78, 5) is 20.1. The molecule has 0 amide bonds. The molecular formula is C21H21Cl2N7. The molecule has 0 aliphatic carbocycles. The van der Waals surface area contributed by atoms with Crippen LogP contribution in [-0.2, 0) is 6.54 Å². The minimum atomic E-state index is 0.270. The summed E-state index contributed by atoms with van der Waals surface area (Å²) in [6, 6.07) is 7.74. The Morgan fingerprint density at radius 2 is 1.90 bits per heavy atom. The van der Waals surface area contributed by atoms with Gasteiger partial charge < -0.3 is 14.8 Å². The van der Waals surface area contributed by atoms with E-state index in [-0.39, 0.29) is 5.28 Å². The Kier molecular flexibility index (Phi) is 5.31. The van der Waals surface area contributed by atoms with Gasteiger partial charge in [-0.2, -0.15) is 9.97 Å². The van der Waals surface area contributed by atoms with Crippen LogP contribution in [0.25, 0.3) is 22.1 Å². The minimum Gasteiger partial charge on any atom is -0.384 e. The van der Waals surface area contributed by atoms with Gasteiger partial charge in [0, 0.05) is 48.5 Å². The predicted octanol–water partition coefficient (Wildman–Crippen LogP) is 4.78. The van der Waals surface area contributed by atoms with Crippen LogP contribution in [0.2, 0.25) is 10.3 Å². The van der Waals surface area contributed by atoms with Gasteiger partial charge in [-0.15, -0.1) is 0 Å². The van der Waals surface area contributed by atoms with Gasteiger partial charge in [0.05, 0.1) is 11.8 Å². The van der Waals surface area contributed by atoms with E-state index in [4.69, 9.17) is 23.2 Å². The lowest BCUT2D eigenvalue weighted by molar-refractivity contribution is 0.672. The van der Waals surface area contributed by atoms with Crippen LogP contribution < -0.4 is 10.2 Å². The van der Waals surface area contributed by atoms with Gasteiger partial charge in [0.2, 0.25) is 5.28 Å². The SMILES string of the molecule is Clc1ccc2c(NCCCn3cnc4c(N5CCCC5)nc(Cl)nc43)ccnc2c1. The highest BCUT2D eigenvalue weighted by Crippen LogP contribution is 2.27. The first kappa shape index (κ1) is 19.3. The molecule has 4 aromatic rings. The summed E-state index contributed by atoms with van der Waals surface area (Å²) < 4.78 is 2.05. The molecule has 1 aromatic carbocycles. The van der Waals surface area contributed by atoms with Crippen molar-refractivity contribution < 1.29 is 0 Å². The number of nitrogens with one attached hydrogen (secondary N) is 1. The number of halogens is 2. The highest BCUT2D eigenvalue weighted by Gasteiger charge is 2.20. The zero-order chi connectivity index (χ0) is 20.5. The molecule has 9 heteroatoms. The second kappa shape index (κ2) is 8.24. The molecule has 3 aromatic heterocycles. The molecule has 0 saturated carbocycles. The summed E-state index contributed by atoms with van der Waals surface area (Å²) >= 11 is 12.3. The van der Waals surface area contributed by atoms with Crippen molar-refractivity contribution in [1.29, 1.82) is 0 Å².